The predicted octanol–water partition coefficient (Wildman–Crippen LogP) is 3.39. The number of aromatic nitrogens is 1. The van der Waals surface area contributed by atoms with E-state index < -0.39 is 29.8 Å². The summed E-state index contributed by atoms with van der Waals surface area (Å²) in [4.78, 5) is 42.1. The monoisotopic (exact) mass is 548 g/mol. The lowest BCUT2D eigenvalue weighted by Gasteiger charge is -2.28. The van der Waals surface area contributed by atoms with Crippen LogP contribution >= 0.6 is 11.6 Å². The lowest BCUT2D eigenvalue weighted by Crippen LogP contribution is -2.47. The molecule has 202 valence electrons. The minimum absolute atomic E-state index is 0.0357. The van der Waals surface area contributed by atoms with Crippen LogP contribution in [0.5, 0.6) is 0 Å². The van der Waals surface area contributed by atoms with Crippen LogP contribution in [0.3, 0.4) is 0 Å². The molecule has 0 aliphatic rings. The number of urea groups is 1. The molecule has 0 bridgehead atoms. The fraction of sp³-hybridized carbons (Fsp3) is 0.280. The minimum Gasteiger partial charge on any atom is -0.447 e. The van der Waals surface area contributed by atoms with Crippen molar-refractivity contribution in [3.05, 3.63) is 70.9 Å². The van der Waals surface area contributed by atoms with Gasteiger partial charge in [-0.1, -0.05) is 23.7 Å². The Morgan fingerprint density at radius 1 is 1.13 bits per heavy atom. The molecule has 1 aromatic heterocycles. The van der Waals surface area contributed by atoms with E-state index in [2.05, 4.69) is 20.9 Å². The van der Waals surface area contributed by atoms with E-state index in [1.54, 1.807) is 12.1 Å². The van der Waals surface area contributed by atoms with Crippen LogP contribution in [0.25, 0.3) is 10.8 Å². The molecule has 5 N–H and O–H groups in total. The Hall–Kier alpha value is -4.03. The molecule has 0 spiro atoms. The zero-order chi connectivity index (χ0) is 27.7. The number of rotatable bonds is 10. The largest absolute Gasteiger partial charge is 0.447 e. The van der Waals surface area contributed by atoms with Crippen molar-refractivity contribution in [2.24, 2.45) is 5.73 Å². The molecule has 10 nitrogen and oxygen atoms in total. The van der Waals surface area contributed by atoms with E-state index in [1.807, 2.05) is 0 Å². The Balaban J connectivity index is 1.61. The summed E-state index contributed by atoms with van der Waals surface area (Å²) >= 11 is 5.94. The molecule has 3 rings (SSSR count). The van der Waals surface area contributed by atoms with Crippen LogP contribution in [-0.2, 0) is 16.1 Å². The Morgan fingerprint density at radius 3 is 2.68 bits per heavy atom. The van der Waals surface area contributed by atoms with Gasteiger partial charge in [0.1, 0.15) is 24.1 Å². The molecule has 3 aromatic rings. The number of likely N-dealkylation sites (N-methyl/N-ethyl adjacent to an activating group) is 1. The highest BCUT2D eigenvalue weighted by Gasteiger charge is 2.22. The third kappa shape index (κ3) is 7.98. The summed E-state index contributed by atoms with van der Waals surface area (Å²) in [7, 11) is 1.48. The van der Waals surface area contributed by atoms with E-state index in [1.165, 1.54) is 48.5 Å². The molecule has 0 unspecified atom stereocenters. The number of halogens is 3. The quantitative estimate of drug-likeness (QED) is 0.306. The number of carbonyl (C=O) groups is 3. The second kappa shape index (κ2) is 13.5. The normalized spacial score (nSPS) is 11.5. The average Bonchev–Trinajstić information content (AvgIpc) is 2.90. The van der Waals surface area contributed by atoms with Gasteiger partial charge in [-0.2, -0.15) is 0 Å². The Labute approximate surface area is 222 Å². The highest BCUT2D eigenvalue weighted by Crippen LogP contribution is 2.20. The van der Waals surface area contributed by atoms with Crippen molar-refractivity contribution in [3.63, 3.8) is 0 Å². The fourth-order valence-electron chi connectivity index (χ4n) is 3.48. The van der Waals surface area contributed by atoms with Gasteiger partial charge in [-0.25, -0.2) is 23.4 Å². The van der Waals surface area contributed by atoms with Gasteiger partial charge in [-0.15, -0.1) is 0 Å². The first kappa shape index (κ1) is 28.5. The van der Waals surface area contributed by atoms with Crippen molar-refractivity contribution in [1.82, 2.24) is 20.5 Å². The zero-order valence-corrected chi connectivity index (χ0v) is 21.2. The molecule has 0 radical (unpaired) electrons. The molecule has 0 aliphatic carbocycles. The molecule has 4 amide bonds. The Bertz CT molecular complexity index is 1310. The summed E-state index contributed by atoms with van der Waals surface area (Å²) in [6.45, 7) is -0.295. The van der Waals surface area contributed by atoms with Crippen LogP contribution < -0.4 is 21.7 Å². The number of pyridine rings is 1. The number of carbonyl (C=O) groups excluding carboxylic acids is 3. The minimum atomic E-state index is -0.843. The second-order valence-electron chi connectivity index (χ2n) is 8.26. The maximum absolute atomic E-state index is 13.7. The molecular formula is C25H27ClF2N6O4. The van der Waals surface area contributed by atoms with Crippen LogP contribution in [0.1, 0.15) is 12.0 Å². The molecule has 0 saturated carbocycles. The van der Waals surface area contributed by atoms with Crippen molar-refractivity contribution in [3.8, 4) is 0 Å². The van der Waals surface area contributed by atoms with Gasteiger partial charge in [-0.3, -0.25) is 10.1 Å². The number of anilines is 1. The van der Waals surface area contributed by atoms with Gasteiger partial charge >= 0.3 is 12.1 Å². The second-order valence-corrected chi connectivity index (χ2v) is 8.64. The molecule has 0 saturated heterocycles. The number of nitrogens with zero attached hydrogens (tertiary/aromatic N) is 2. The molecule has 0 aliphatic heterocycles. The standard InChI is InChI=1S/C25H27ClF2N6O4/c1-34(24(36)32-13-16-3-2-4-20(28)23(16)26)19(7-8-30-22(35)11-29)14-38-25(37)33-21-10-17-9-18(27)6-5-15(17)12-31-21/h2-6,9-10,12,19H,7-8,11,13-14,29H2,1H3,(H,30,35)(H,32,36)(H,31,33,37)/t19-/m0/s1. The summed E-state index contributed by atoms with van der Waals surface area (Å²) in [6.07, 6.45) is 0.873. The van der Waals surface area contributed by atoms with E-state index in [0.29, 0.717) is 16.3 Å². The number of benzene rings is 2. The number of hydrogen-bond acceptors (Lipinski definition) is 6. The van der Waals surface area contributed by atoms with Crippen LogP contribution in [0.15, 0.2) is 48.7 Å². The average molecular weight is 549 g/mol. The lowest BCUT2D eigenvalue weighted by atomic mass is 10.2. The van der Waals surface area contributed by atoms with Crippen LogP contribution in [0, 0.1) is 11.6 Å². The maximum atomic E-state index is 13.7. The van der Waals surface area contributed by atoms with E-state index >= 15 is 0 Å². The van der Waals surface area contributed by atoms with Crippen LogP contribution in [0.4, 0.5) is 24.2 Å². The van der Waals surface area contributed by atoms with Gasteiger partial charge in [0.15, 0.2) is 0 Å². The van der Waals surface area contributed by atoms with E-state index in [4.69, 9.17) is 22.1 Å². The SMILES string of the molecule is CN(C(=O)NCc1cccc(F)c1Cl)[C@@H](CCNC(=O)CN)COC(=O)Nc1cc2cc(F)ccc2cn1. The Kier molecular flexibility index (Phi) is 10.1. The summed E-state index contributed by atoms with van der Waals surface area (Å²) in [5.74, 6) is -1.26. The van der Waals surface area contributed by atoms with E-state index in [9.17, 15) is 23.2 Å². The summed E-state index contributed by atoms with van der Waals surface area (Å²) in [5.41, 5.74) is 5.69. The van der Waals surface area contributed by atoms with Crippen molar-refractivity contribution in [2.45, 2.75) is 19.0 Å². The van der Waals surface area contributed by atoms with Crippen LogP contribution in [-0.4, -0.2) is 60.7 Å². The van der Waals surface area contributed by atoms with Crippen LogP contribution in [0.2, 0.25) is 5.02 Å². The predicted molar refractivity (Wildman–Crippen MR) is 139 cm³/mol. The smallest absolute Gasteiger partial charge is 0.412 e. The Morgan fingerprint density at radius 2 is 1.92 bits per heavy atom. The van der Waals surface area contributed by atoms with Gasteiger partial charge in [0.05, 0.1) is 17.6 Å². The number of amides is 4. The van der Waals surface area contributed by atoms with Gasteiger partial charge in [-0.05, 0) is 47.7 Å². The molecule has 2 aromatic carbocycles. The van der Waals surface area contributed by atoms with E-state index in [-0.39, 0.29) is 49.4 Å². The lowest BCUT2D eigenvalue weighted by molar-refractivity contribution is -0.119. The molecule has 1 atom stereocenters. The topological polar surface area (TPSA) is 139 Å². The highest BCUT2D eigenvalue weighted by atomic mass is 35.5. The van der Waals surface area contributed by atoms with Crippen molar-refractivity contribution in [2.75, 3.05) is 32.1 Å². The van der Waals surface area contributed by atoms with Gasteiger partial charge in [0.2, 0.25) is 5.91 Å². The first-order valence-corrected chi connectivity index (χ1v) is 11.9. The molecule has 38 heavy (non-hydrogen) atoms. The summed E-state index contributed by atoms with van der Waals surface area (Å²) < 4.78 is 32.5. The molecule has 13 heteroatoms. The number of hydrogen-bond donors (Lipinski definition) is 4. The van der Waals surface area contributed by atoms with Gasteiger partial charge in [0, 0.05) is 31.7 Å². The highest BCUT2D eigenvalue weighted by molar-refractivity contribution is 6.31. The maximum Gasteiger partial charge on any atom is 0.412 e. The number of nitrogens with one attached hydrogen (secondary N) is 3. The summed E-state index contributed by atoms with van der Waals surface area (Å²) in [5, 5.41) is 8.84. The fourth-order valence-corrected chi connectivity index (χ4v) is 3.67. The third-order valence-electron chi connectivity index (χ3n) is 5.64. The van der Waals surface area contributed by atoms with Gasteiger partial charge in [0.25, 0.3) is 0 Å². The first-order chi connectivity index (χ1) is 18.2. The van der Waals surface area contributed by atoms with Crippen molar-refractivity contribution in [1.29, 1.82) is 0 Å². The zero-order valence-electron chi connectivity index (χ0n) is 20.5. The van der Waals surface area contributed by atoms with E-state index in [0.717, 1.165) is 0 Å². The van der Waals surface area contributed by atoms with Gasteiger partial charge < -0.3 is 26.0 Å². The number of nitrogens with two attached hydrogens (primary N) is 1. The van der Waals surface area contributed by atoms with Crippen molar-refractivity contribution < 1.29 is 27.9 Å². The molecule has 1 heterocycles. The molecule has 0 fully saturated rings. The van der Waals surface area contributed by atoms with Crippen molar-refractivity contribution >= 4 is 46.2 Å². The first-order valence-electron chi connectivity index (χ1n) is 11.6. The number of fused-ring (bicyclic) bond motifs is 1. The molecular weight excluding hydrogens is 522 g/mol. The summed E-state index contributed by atoms with van der Waals surface area (Å²) in [6, 6.07) is 8.75. The number of ether oxygens (including phenoxy) is 1. The third-order valence-corrected chi connectivity index (χ3v) is 6.06.